The zero-order chi connectivity index (χ0) is 23.3. The number of aliphatic imine (C=N–C) groups is 1. The molecule has 0 aromatic heterocycles. The van der Waals surface area contributed by atoms with Crippen molar-refractivity contribution in [2.24, 2.45) is 4.99 Å². The van der Waals surface area contributed by atoms with Gasteiger partial charge in [0.1, 0.15) is 11.5 Å². The summed E-state index contributed by atoms with van der Waals surface area (Å²) in [5.74, 6) is 0.610. The van der Waals surface area contributed by atoms with Crippen LogP contribution in [0.2, 0.25) is 0 Å². The Morgan fingerprint density at radius 1 is 0.906 bits per heavy atom. The van der Waals surface area contributed by atoms with Gasteiger partial charge >= 0.3 is 12.2 Å². The van der Waals surface area contributed by atoms with Gasteiger partial charge in [0.2, 0.25) is 11.9 Å². The van der Waals surface area contributed by atoms with E-state index in [0.717, 1.165) is 20.0 Å². The van der Waals surface area contributed by atoms with Gasteiger partial charge in [0.05, 0.1) is 25.6 Å². The average molecular weight is 442 g/mol. The third-order valence-corrected chi connectivity index (χ3v) is 4.04. The Morgan fingerprint density at radius 3 is 2.31 bits per heavy atom. The van der Waals surface area contributed by atoms with Crippen LogP contribution in [0.1, 0.15) is 26.2 Å². The topological polar surface area (TPSA) is 127 Å². The lowest BCUT2D eigenvalue weighted by Crippen LogP contribution is -2.36. The van der Waals surface area contributed by atoms with Crippen LogP contribution in [0.4, 0.5) is 21.0 Å². The van der Waals surface area contributed by atoms with Crippen molar-refractivity contribution in [3.8, 4) is 11.5 Å². The van der Waals surface area contributed by atoms with E-state index >= 15 is 0 Å². The molecule has 0 saturated carbocycles. The number of hydrogen-bond acceptors (Lipinski definition) is 6. The molecule has 10 heteroatoms. The molecule has 0 bridgehead atoms. The molecule has 0 aliphatic carbocycles. The number of ether oxygens (including phenoxy) is 3. The summed E-state index contributed by atoms with van der Waals surface area (Å²) in [6, 6.07) is 14.0. The van der Waals surface area contributed by atoms with Gasteiger partial charge in [-0.15, -0.1) is 4.99 Å². The van der Waals surface area contributed by atoms with Crippen molar-refractivity contribution < 1.29 is 28.6 Å². The Bertz CT molecular complexity index is 962. The van der Waals surface area contributed by atoms with Crippen LogP contribution in [0.5, 0.6) is 11.5 Å². The van der Waals surface area contributed by atoms with Gasteiger partial charge in [0.25, 0.3) is 0 Å². The van der Waals surface area contributed by atoms with Crippen LogP contribution in [-0.2, 0) is 14.3 Å². The van der Waals surface area contributed by atoms with Crippen molar-refractivity contribution in [1.82, 2.24) is 5.32 Å². The highest BCUT2D eigenvalue weighted by atomic mass is 16.5. The standard InChI is InChI=1S/C22H26N4O6/c1-4-5-11-19(27)23-17-13-12-16(32-15-9-7-6-8-10-15)14-18(17)24-20(25-21(28)30-2)26-22(29)31-3/h6-10,12-14H,4-5,11H2,1-3H3,(H,23,27)(H2,24,25,26,28,29). The molecule has 170 valence electrons. The van der Waals surface area contributed by atoms with Crippen LogP contribution in [0, 0.1) is 0 Å². The third-order valence-electron chi connectivity index (χ3n) is 4.04. The number of carbonyl (C=O) groups is 3. The predicted molar refractivity (Wildman–Crippen MR) is 120 cm³/mol. The SMILES string of the molecule is CCCCC(=O)Nc1ccc(Oc2ccccc2)cc1NC(=NC(=O)OC)NC(=O)OC. The number of nitrogens with zero attached hydrogens (tertiary/aromatic N) is 1. The number of amides is 3. The fourth-order valence-corrected chi connectivity index (χ4v) is 2.47. The highest BCUT2D eigenvalue weighted by molar-refractivity contribution is 6.08. The number of alkyl carbamates (subject to hydrolysis) is 1. The molecule has 0 fully saturated rings. The van der Waals surface area contributed by atoms with Crippen LogP contribution < -0.4 is 20.7 Å². The van der Waals surface area contributed by atoms with E-state index in [-0.39, 0.29) is 11.9 Å². The van der Waals surface area contributed by atoms with Gasteiger partial charge in [-0.05, 0) is 30.7 Å². The van der Waals surface area contributed by atoms with E-state index in [2.05, 4.69) is 30.4 Å². The number of anilines is 2. The van der Waals surface area contributed by atoms with Crippen molar-refractivity contribution in [2.75, 3.05) is 24.9 Å². The molecule has 32 heavy (non-hydrogen) atoms. The molecule has 0 spiro atoms. The first-order chi connectivity index (χ1) is 15.4. The minimum atomic E-state index is -0.950. The predicted octanol–water partition coefficient (Wildman–Crippen LogP) is 4.50. The van der Waals surface area contributed by atoms with Gasteiger partial charge in [-0.1, -0.05) is 31.5 Å². The number of benzene rings is 2. The molecule has 0 aliphatic heterocycles. The van der Waals surface area contributed by atoms with E-state index in [9.17, 15) is 14.4 Å². The first-order valence-corrected chi connectivity index (χ1v) is 9.90. The largest absolute Gasteiger partial charge is 0.457 e. The molecule has 0 heterocycles. The van der Waals surface area contributed by atoms with Crippen LogP contribution in [0.3, 0.4) is 0 Å². The van der Waals surface area contributed by atoms with E-state index < -0.39 is 12.2 Å². The second-order valence-corrected chi connectivity index (χ2v) is 6.45. The Morgan fingerprint density at radius 2 is 1.66 bits per heavy atom. The van der Waals surface area contributed by atoms with Gasteiger partial charge in [-0.2, -0.15) is 0 Å². The molecule has 2 aromatic carbocycles. The highest BCUT2D eigenvalue weighted by Gasteiger charge is 2.14. The summed E-state index contributed by atoms with van der Waals surface area (Å²) in [5, 5.41) is 7.90. The van der Waals surface area contributed by atoms with Crippen molar-refractivity contribution in [3.05, 3.63) is 48.5 Å². The number of unbranched alkanes of at least 4 members (excludes halogenated alkanes) is 1. The minimum Gasteiger partial charge on any atom is -0.457 e. The maximum Gasteiger partial charge on any atom is 0.436 e. The van der Waals surface area contributed by atoms with Crippen LogP contribution in [-0.4, -0.2) is 38.3 Å². The summed E-state index contributed by atoms with van der Waals surface area (Å²) in [5.41, 5.74) is 0.720. The Hall–Kier alpha value is -4.08. The van der Waals surface area contributed by atoms with Gasteiger partial charge in [-0.3, -0.25) is 10.1 Å². The second-order valence-electron chi connectivity index (χ2n) is 6.45. The van der Waals surface area contributed by atoms with Gasteiger partial charge in [0, 0.05) is 12.5 Å². The first-order valence-electron chi connectivity index (χ1n) is 9.90. The molecule has 0 saturated heterocycles. The van der Waals surface area contributed by atoms with Gasteiger partial charge in [-0.25, -0.2) is 9.59 Å². The summed E-state index contributed by atoms with van der Waals surface area (Å²) >= 11 is 0. The molecule has 0 atom stereocenters. The number of hydrogen-bond donors (Lipinski definition) is 3. The lowest BCUT2D eigenvalue weighted by atomic mass is 10.2. The summed E-state index contributed by atoms with van der Waals surface area (Å²) < 4.78 is 14.9. The van der Waals surface area contributed by atoms with Crippen molar-refractivity contribution in [1.29, 1.82) is 0 Å². The minimum absolute atomic E-state index is 0.181. The fourth-order valence-electron chi connectivity index (χ4n) is 2.47. The fraction of sp³-hybridized carbons (Fsp3) is 0.273. The number of guanidine groups is 1. The molecular formula is C22H26N4O6. The molecule has 2 aromatic rings. The van der Waals surface area contributed by atoms with Gasteiger partial charge in [0.15, 0.2) is 0 Å². The van der Waals surface area contributed by atoms with Gasteiger partial charge < -0.3 is 24.8 Å². The van der Waals surface area contributed by atoms with E-state index in [1.165, 1.54) is 7.11 Å². The molecule has 2 rings (SSSR count). The quantitative estimate of drug-likeness (QED) is 0.425. The molecule has 0 aliphatic rings. The molecule has 3 N–H and O–H groups in total. The number of nitrogens with one attached hydrogen (secondary N) is 3. The molecule has 10 nitrogen and oxygen atoms in total. The maximum absolute atomic E-state index is 12.3. The zero-order valence-electron chi connectivity index (χ0n) is 18.1. The van der Waals surface area contributed by atoms with E-state index in [4.69, 9.17) is 4.74 Å². The number of para-hydroxylation sites is 1. The van der Waals surface area contributed by atoms with E-state index in [1.807, 2.05) is 25.1 Å². The van der Waals surface area contributed by atoms with Crippen LogP contribution in [0.15, 0.2) is 53.5 Å². The van der Waals surface area contributed by atoms with Crippen molar-refractivity contribution in [2.45, 2.75) is 26.2 Å². The summed E-state index contributed by atoms with van der Waals surface area (Å²) in [7, 11) is 2.31. The second kappa shape index (κ2) is 12.6. The number of methoxy groups -OCH3 is 2. The number of rotatable bonds is 7. The number of carbonyl (C=O) groups excluding carboxylic acids is 3. The molecular weight excluding hydrogens is 416 g/mol. The lowest BCUT2D eigenvalue weighted by molar-refractivity contribution is -0.116. The Kier molecular flexibility index (Phi) is 9.51. The Labute approximate surface area is 186 Å². The zero-order valence-corrected chi connectivity index (χ0v) is 18.1. The normalized spacial score (nSPS) is 10.7. The van der Waals surface area contributed by atoms with Crippen LogP contribution in [0.25, 0.3) is 0 Å². The smallest absolute Gasteiger partial charge is 0.436 e. The summed E-state index contributed by atoms with van der Waals surface area (Å²) in [4.78, 5) is 39.2. The first kappa shape index (κ1) is 24.2. The summed E-state index contributed by atoms with van der Waals surface area (Å²) in [6.07, 6.45) is 0.158. The highest BCUT2D eigenvalue weighted by Crippen LogP contribution is 2.30. The van der Waals surface area contributed by atoms with Crippen molar-refractivity contribution >= 4 is 35.4 Å². The molecule has 3 amide bonds. The van der Waals surface area contributed by atoms with Crippen molar-refractivity contribution in [3.63, 3.8) is 0 Å². The molecule has 0 unspecified atom stereocenters. The lowest BCUT2D eigenvalue weighted by Gasteiger charge is -2.16. The Balaban J connectivity index is 2.36. The van der Waals surface area contributed by atoms with E-state index in [0.29, 0.717) is 29.3 Å². The summed E-state index contributed by atoms with van der Waals surface area (Å²) in [6.45, 7) is 1.99. The monoisotopic (exact) mass is 442 g/mol. The molecule has 0 radical (unpaired) electrons. The third kappa shape index (κ3) is 7.98. The van der Waals surface area contributed by atoms with Crippen LogP contribution >= 0.6 is 0 Å². The average Bonchev–Trinajstić information content (AvgIpc) is 2.79. The maximum atomic E-state index is 12.3. The van der Waals surface area contributed by atoms with E-state index in [1.54, 1.807) is 30.3 Å².